The van der Waals surface area contributed by atoms with Crippen molar-refractivity contribution >= 4 is 28.8 Å². The third kappa shape index (κ3) is 4.51. The zero-order valence-corrected chi connectivity index (χ0v) is 12.6. The number of aryl methyl sites for hydroxylation is 1. The summed E-state index contributed by atoms with van der Waals surface area (Å²) in [7, 11) is 1.57. The van der Waals surface area contributed by atoms with Crippen molar-refractivity contribution < 1.29 is 9.53 Å². The Morgan fingerprint density at radius 3 is 3.00 bits per heavy atom. The Morgan fingerprint density at radius 1 is 1.45 bits per heavy atom. The number of halogens is 1. The molecule has 1 amide bonds. The quantitative estimate of drug-likeness (QED) is 0.892. The van der Waals surface area contributed by atoms with E-state index in [2.05, 4.69) is 10.3 Å². The van der Waals surface area contributed by atoms with Crippen LogP contribution in [0.15, 0.2) is 30.5 Å². The standard InChI is InChI=1S/C14H15ClN2O2S/c1-19-14-8-10(6-7-16-14)9-17-13(18)5-3-11-2-4-12(15)20-11/h2,4,6-8H,3,5,9H2,1H3,(H,17,18). The Kier molecular flexibility index (Phi) is 5.38. The van der Waals surface area contributed by atoms with E-state index in [1.807, 2.05) is 18.2 Å². The highest BCUT2D eigenvalue weighted by molar-refractivity contribution is 7.16. The summed E-state index contributed by atoms with van der Waals surface area (Å²) >= 11 is 7.36. The second-order valence-corrected chi connectivity index (χ2v) is 5.99. The number of aromatic nitrogens is 1. The molecule has 0 atom stereocenters. The van der Waals surface area contributed by atoms with Crippen molar-refractivity contribution in [2.75, 3.05) is 7.11 Å². The van der Waals surface area contributed by atoms with Crippen molar-refractivity contribution in [1.82, 2.24) is 10.3 Å². The molecule has 0 aromatic carbocycles. The molecule has 0 unspecified atom stereocenters. The van der Waals surface area contributed by atoms with Gasteiger partial charge in [0.25, 0.3) is 0 Å². The molecule has 2 rings (SSSR count). The van der Waals surface area contributed by atoms with Crippen LogP contribution in [0.2, 0.25) is 4.34 Å². The second-order valence-electron chi connectivity index (χ2n) is 4.19. The number of methoxy groups -OCH3 is 1. The van der Waals surface area contributed by atoms with E-state index in [1.165, 1.54) is 11.3 Å². The van der Waals surface area contributed by atoms with Crippen molar-refractivity contribution in [2.24, 2.45) is 0 Å². The molecule has 0 spiro atoms. The first-order chi connectivity index (χ1) is 9.67. The van der Waals surface area contributed by atoms with Gasteiger partial charge in [0.1, 0.15) is 0 Å². The molecule has 106 valence electrons. The molecule has 20 heavy (non-hydrogen) atoms. The number of amides is 1. The molecule has 0 bridgehead atoms. The van der Waals surface area contributed by atoms with E-state index in [0.29, 0.717) is 25.3 Å². The highest BCUT2D eigenvalue weighted by Gasteiger charge is 2.05. The molecule has 2 heterocycles. The lowest BCUT2D eigenvalue weighted by Gasteiger charge is -2.06. The number of nitrogens with one attached hydrogen (secondary N) is 1. The molecule has 0 fully saturated rings. The van der Waals surface area contributed by atoms with Crippen molar-refractivity contribution in [3.05, 3.63) is 45.2 Å². The summed E-state index contributed by atoms with van der Waals surface area (Å²) in [5.74, 6) is 0.565. The predicted molar refractivity (Wildman–Crippen MR) is 80.3 cm³/mol. The van der Waals surface area contributed by atoms with Gasteiger partial charge in [-0.2, -0.15) is 0 Å². The Hall–Kier alpha value is -1.59. The summed E-state index contributed by atoms with van der Waals surface area (Å²) in [5, 5.41) is 2.88. The van der Waals surface area contributed by atoms with E-state index >= 15 is 0 Å². The summed E-state index contributed by atoms with van der Waals surface area (Å²) in [6, 6.07) is 7.46. The van der Waals surface area contributed by atoms with Crippen LogP contribution in [0.25, 0.3) is 0 Å². The molecule has 4 nitrogen and oxygen atoms in total. The summed E-state index contributed by atoms with van der Waals surface area (Å²) < 4.78 is 5.79. The fraction of sp³-hybridized carbons (Fsp3) is 0.286. The van der Waals surface area contributed by atoms with Crippen LogP contribution in [0, 0.1) is 0 Å². The van der Waals surface area contributed by atoms with Crippen LogP contribution in [0.5, 0.6) is 5.88 Å². The van der Waals surface area contributed by atoms with E-state index in [-0.39, 0.29) is 5.91 Å². The lowest BCUT2D eigenvalue weighted by molar-refractivity contribution is -0.121. The molecule has 2 aromatic heterocycles. The van der Waals surface area contributed by atoms with Crippen LogP contribution in [-0.2, 0) is 17.8 Å². The predicted octanol–water partition coefficient (Wildman–Crippen LogP) is 3.05. The summed E-state index contributed by atoms with van der Waals surface area (Å²) in [6.07, 6.45) is 2.83. The summed E-state index contributed by atoms with van der Waals surface area (Å²) in [6.45, 7) is 0.475. The molecule has 0 radical (unpaired) electrons. The van der Waals surface area contributed by atoms with Gasteiger partial charge in [-0.3, -0.25) is 4.79 Å². The van der Waals surface area contributed by atoms with Crippen LogP contribution < -0.4 is 10.1 Å². The number of carbonyl (C=O) groups is 1. The lowest BCUT2D eigenvalue weighted by atomic mass is 10.2. The third-order valence-corrected chi connectivity index (χ3v) is 4.02. The van der Waals surface area contributed by atoms with Gasteiger partial charge in [0, 0.05) is 30.1 Å². The van der Waals surface area contributed by atoms with Gasteiger partial charge in [-0.05, 0) is 30.2 Å². The SMILES string of the molecule is COc1cc(CNC(=O)CCc2ccc(Cl)s2)ccn1. The highest BCUT2D eigenvalue weighted by atomic mass is 35.5. The number of pyridine rings is 1. The van der Waals surface area contributed by atoms with E-state index in [0.717, 1.165) is 14.8 Å². The van der Waals surface area contributed by atoms with Crippen LogP contribution >= 0.6 is 22.9 Å². The van der Waals surface area contributed by atoms with Crippen LogP contribution in [-0.4, -0.2) is 18.0 Å². The van der Waals surface area contributed by atoms with Gasteiger partial charge in [0.2, 0.25) is 11.8 Å². The Bertz CT molecular complexity index is 586. The van der Waals surface area contributed by atoms with Crippen LogP contribution in [0.4, 0.5) is 0 Å². The molecular formula is C14H15ClN2O2S. The minimum Gasteiger partial charge on any atom is -0.481 e. The maximum atomic E-state index is 11.8. The van der Waals surface area contributed by atoms with Crippen LogP contribution in [0.3, 0.4) is 0 Å². The number of carbonyl (C=O) groups excluding carboxylic acids is 1. The minimum atomic E-state index is 0.0188. The van der Waals surface area contributed by atoms with Gasteiger partial charge in [0.15, 0.2) is 0 Å². The molecule has 6 heteroatoms. The first-order valence-electron chi connectivity index (χ1n) is 6.17. The van der Waals surface area contributed by atoms with Crippen molar-refractivity contribution in [3.63, 3.8) is 0 Å². The summed E-state index contributed by atoms with van der Waals surface area (Å²) in [5.41, 5.74) is 0.962. The molecule has 1 N–H and O–H groups in total. The first kappa shape index (κ1) is 14.8. The van der Waals surface area contributed by atoms with Gasteiger partial charge < -0.3 is 10.1 Å². The van der Waals surface area contributed by atoms with E-state index in [9.17, 15) is 4.79 Å². The second kappa shape index (κ2) is 7.26. The zero-order valence-electron chi connectivity index (χ0n) is 11.1. The number of ether oxygens (including phenoxy) is 1. The molecule has 0 saturated heterocycles. The van der Waals surface area contributed by atoms with Gasteiger partial charge in [-0.15, -0.1) is 11.3 Å². The third-order valence-electron chi connectivity index (χ3n) is 2.73. The van der Waals surface area contributed by atoms with E-state index in [4.69, 9.17) is 16.3 Å². The molecule has 0 aliphatic rings. The number of hydrogen-bond acceptors (Lipinski definition) is 4. The first-order valence-corrected chi connectivity index (χ1v) is 7.36. The maximum Gasteiger partial charge on any atom is 0.220 e. The highest BCUT2D eigenvalue weighted by Crippen LogP contribution is 2.22. The zero-order chi connectivity index (χ0) is 14.4. The topological polar surface area (TPSA) is 51.2 Å². The molecule has 0 aliphatic carbocycles. The smallest absolute Gasteiger partial charge is 0.220 e. The lowest BCUT2D eigenvalue weighted by Crippen LogP contribution is -2.22. The van der Waals surface area contributed by atoms with Crippen LogP contribution in [0.1, 0.15) is 16.9 Å². The summed E-state index contributed by atoms with van der Waals surface area (Å²) in [4.78, 5) is 16.9. The number of nitrogens with zero attached hydrogens (tertiary/aromatic N) is 1. The van der Waals surface area contributed by atoms with Gasteiger partial charge in [-0.25, -0.2) is 4.98 Å². The van der Waals surface area contributed by atoms with Crippen molar-refractivity contribution in [3.8, 4) is 5.88 Å². The van der Waals surface area contributed by atoms with Gasteiger partial charge in [-0.1, -0.05) is 11.6 Å². The molecule has 0 aliphatic heterocycles. The van der Waals surface area contributed by atoms with E-state index in [1.54, 1.807) is 19.4 Å². The molecule has 2 aromatic rings. The van der Waals surface area contributed by atoms with E-state index < -0.39 is 0 Å². The fourth-order valence-corrected chi connectivity index (χ4v) is 2.77. The van der Waals surface area contributed by atoms with Crippen molar-refractivity contribution in [1.29, 1.82) is 0 Å². The Labute approximate surface area is 126 Å². The average molecular weight is 311 g/mol. The van der Waals surface area contributed by atoms with Crippen molar-refractivity contribution in [2.45, 2.75) is 19.4 Å². The largest absolute Gasteiger partial charge is 0.481 e. The monoisotopic (exact) mass is 310 g/mol. The Morgan fingerprint density at radius 2 is 2.30 bits per heavy atom. The number of rotatable bonds is 6. The minimum absolute atomic E-state index is 0.0188. The Balaban J connectivity index is 1.77. The number of hydrogen-bond donors (Lipinski definition) is 1. The molecular weight excluding hydrogens is 296 g/mol. The van der Waals surface area contributed by atoms with Gasteiger partial charge >= 0.3 is 0 Å². The maximum absolute atomic E-state index is 11.8. The molecule has 0 saturated carbocycles. The fourth-order valence-electron chi connectivity index (χ4n) is 1.68. The average Bonchev–Trinajstić information content (AvgIpc) is 2.89. The van der Waals surface area contributed by atoms with Gasteiger partial charge in [0.05, 0.1) is 11.4 Å². The number of thiophene rings is 1. The normalized spacial score (nSPS) is 10.3.